The predicted molar refractivity (Wildman–Crippen MR) is 40.4 cm³/mol. The molecule has 0 bridgehead atoms. The number of hydrogen-bond donors (Lipinski definition) is 1. The number of rotatable bonds is 0. The highest BCUT2D eigenvalue weighted by Gasteiger charge is 2.27. The number of nitrogens with one attached hydrogen (secondary N) is 1. The first kappa shape index (κ1) is 7.07. The molecule has 1 N–H and O–H groups in total. The lowest BCUT2D eigenvalue weighted by Gasteiger charge is -2.36. The second-order valence-corrected chi connectivity index (χ2v) is 3.86. The van der Waals surface area contributed by atoms with Crippen LogP contribution in [0.25, 0.3) is 0 Å². The largest absolute Gasteiger partial charge is 0.316 e. The fourth-order valence-corrected chi connectivity index (χ4v) is 1.29. The van der Waals surface area contributed by atoms with Gasteiger partial charge in [0.2, 0.25) is 0 Å². The summed E-state index contributed by atoms with van der Waals surface area (Å²) in [5.41, 5.74) is 0.526. The third kappa shape index (κ3) is 1.45. The van der Waals surface area contributed by atoms with Gasteiger partial charge in [0.25, 0.3) is 0 Å². The Morgan fingerprint density at radius 3 is 2.44 bits per heavy atom. The third-order valence-corrected chi connectivity index (χ3v) is 2.67. The van der Waals surface area contributed by atoms with Gasteiger partial charge in [-0.2, -0.15) is 0 Å². The van der Waals surface area contributed by atoms with E-state index in [0.29, 0.717) is 5.41 Å². The molecular weight excluding hydrogens is 110 g/mol. The van der Waals surface area contributed by atoms with Crippen LogP contribution in [-0.4, -0.2) is 13.1 Å². The second kappa shape index (κ2) is 2.30. The van der Waals surface area contributed by atoms with Gasteiger partial charge in [0.15, 0.2) is 0 Å². The molecule has 54 valence electrons. The van der Waals surface area contributed by atoms with Crippen molar-refractivity contribution in [2.75, 3.05) is 13.1 Å². The highest BCUT2D eigenvalue weighted by atomic mass is 14.9. The van der Waals surface area contributed by atoms with Crippen LogP contribution < -0.4 is 5.32 Å². The molecule has 1 saturated heterocycles. The van der Waals surface area contributed by atoms with E-state index in [1.165, 1.54) is 19.5 Å². The van der Waals surface area contributed by atoms with Gasteiger partial charge in [-0.25, -0.2) is 0 Å². The van der Waals surface area contributed by atoms with Gasteiger partial charge in [0, 0.05) is 6.54 Å². The maximum absolute atomic E-state index is 3.41. The zero-order valence-electron chi connectivity index (χ0n) is 6.70. The molecule has 0 saturated carbocycles. The second-order valence-electron chi connectivity index (χ2n) is 3.86. The molecule has 0 aliphatic carbocycles. The summed E-state index contributed by atoms with van der Waals surface area (Å²) >= 11 is 0. The maximum Gasteiger partial charge on any atom is 0.000508 e. The van der Waals surface area contributed by atoms with Crippen molar-refractivity contribution in [2.45, 2.75) is 27.2 Å². The summed E-state index contributed by atoms with van der Waals surface area (Å²) in [6, 6.07) is 0. The molecule has 0 aromatic heterocycles. The van der Waals surface area contributed by atoms with Crippen molar-refractivity contribution in [1.82, 2.24) is 5.32 Å². The zero-order chi connectivity index (χ0) is 6.91. The summed E-state index contributed by atoms with van der Waals surface area (Å²) in [5, 5.41) is 3.41. The Morgan fingerprint density at radius 1 is 1.44 bits per heavy atom. The molecule has 1 aliphatic rings. The van der Waals surface area contributed by atoms with Crippen molar-refractivity contribution in [3.05, 3.63) is 0 Å². The summed E-state index contributed by atoms with van der Waals surface area (Å²) in [6.07, 6.45) is 1.34. The van der Waals surface area contributed by atoms with Crippen molar-refractivity contribution in [3.63, 3.8) is 0 Å². The quantitative estimate of drug-likeness (QED) is 0.521. The van der Waals surface area contributed by atoms with Crippen LogP contribution in [0.15, 0.2) is 0 Å². The van der Waals surface area contributed by atoms with Gasteiger partial charge in [0.05, 0.1) is 0 Å². The molecule has 1 unspecified atom stereocenters. The highest BCUT2D eigenvalue weighted by Crippen LogP contribution is 2.30. The minimum Gasteiger partial charge on any atom is -0.316 e. The lowest BCUT2D eigenvalue weighted by Crippen LogP contribution is -2.41. The Bertz CT molecular complexity index is 96.7. The maximum atomic E-state index is 3.41. The summed E-state index contributed by atoms with van der Waals surface area (Å²) in [4.78, 5) is 0. The lowest BCUT2D eigenvalue weighted by atomic mass is 9.76. The van der Waals surface area contributed by atoms with Crippen molar-refractivity contribution >= 4 is 0 Å². The standard InChI is InChI=1S/C8H17N/c1-7-4-5-9-6-8(7,2)3/h7,9H,4-6H2,1-3H3. The third-order valence-electron chi connectivity index (χ3n) is 2.67. The smallest absolute Gasteiger partial charge is 0.000508 e. The molecule has 0 aromatic rings. The Labute approximate surface area is 57.8 Å². The van der Waals surface area contributed by atoms with Gasteiger partial charge in [0.1, 0.15) is 0 Å². The van der Waals surface area contributed by atoms with E-state index in [4.69, 9.17) is 0 Å². The lowest BCUT2D eigenvalue weighted by molar-refractivity contribution is 0.172. The number of hydrogen-bond acceptors (Lipinski definition) is 1. The monoisotopic (exact) mass is 127 g/mol. The minimum atomic E-state index is 0.526. The molecule has 1 nitrogen and oxygen atoms in total. The summed E-state index contributed by atoms with van der Waals surface area (Å²) < 4.78 is 0. The summed E-state index contributed by atoms with van der Waals surface area (Å²) in [5.74, 6) is 0.888. The molecule has 0 amide bonds. The fourth-order valence-electron chi connectivity index (χ4n) is 1.29. The van der Waals surface area contributed by atoms with E-state index >= 15 is 0 Å². The number of piperidine rings is 1. The van der Waals surface area contributed by atoms with Gasteiger partial charge in [-0.05, 0) is 24.3 Å². The van der Waals surface area contributed by atoms with Crippen molar-refractivity contribution in [2.24, 2.45) is 11.3 Å². The molecule has 1 aliphatic heterocycles. The normalized spacial score (nSPS) is 34.3. The van der Waals surface area contributed by atoms with Crippen LogP contribution in [-0.2, 0) is 0 Å². The van der Waals surface area contributed by atoms with Crippen LogP contribution in [0.1, 0.15) is 27.2 Å². The molecule has 9 heavy (non-hydrogen) atoms. The SMILES string of the molecule is CC1CCNCC1(C)C. The fraction of sp³-hybridized carbons (Fsp3) is 1.00. The van der Waals surface area contributed by atoms with E-state index in [2.05, 4.69) is 26.1 Å². The van der Waals surface area contributed by atoms with Crippen LogP contribution in [0.3, 0.4) is 0 Å². The summed E-state index contributed by atoms with van der Waals surface area (Å²) in [6.45, 7) is 9.42. The molecular formula is C8H17N. The molecule has 0 radical (unpaired) electrons. The Kier molecular flexibility index (Phi) is 1.80. The van der Waals surface area contributed by atoms with Crippen molar-refractivity contribution in [3.8, 4) is 0 Å². The molecule has 1 rings (SSSR count). The van der Waals surface area contributed by atoms with Crippen molar-refractivity contribution < 1.29 is 0 Å². The van der Waals surface area contributed by atoms with E-state index < -0.39 is 0 Å². The van der Waals surface area contributed by atoms with E-state index in [1.807, 2.05) is 0 Å². The molecule has 1 atom stereocenters. The minimum absolute atomic E-state index is 0.526. The van der Waals surface area contributed by atoms with Crippen LogP contribution in [0, 0.1) is 11.3 Å². The zero-order valence-corrected chi connectivity index (χ0v) is 6.70. The topological polar surface area (TPSA) is 12.0 Å². The predicted octanol–water partition coefficient (Wildman–Crippen LogP) is 1.64. The molecule has 1 heterocycles. The summed E-state index contributed by atoms with van der Waals surface area (Å²) in [7, 11) is 0. The molecule has 0 spiro atoms. The van der Waals surface area contributed by atoms with Crippen LogP contribution in [0.5, 0.6) is 0 Å². The molecule has 1 fully saturated rings. The van der Waals surface area contributed by atoms with Gasteiger partial charge in [-0.3, -0.25) is 0 Å². The van der Waals surface area contributed by atoms with E-state index in [0.717, 1.165) is 5.92 Å². The van der Waals surface area contributed by atoms with E-state index in [1.54, 1.807) is 0 Å². The van der Waals surface area contributed by atoms with Crippen molar-refractivity contribution in [1.29, 1.82) is 0 Å². The Hall–Kier alpha value is -0.0400. The highest BCUT2D eigenvalue weighted by molar-refractivity contribution is 4.82. The average Bonchev–Trinajstić information content (AvgIpc) is 1.77. The molecule has 1 heteroatoms. The Morgan fingerprint density at radius 2 is 2.11 bits per heavy atom. The van der Waals surface area contributed by atoms with Gasteiger partial charge in [-0.1, -0.05) is 20.8 Å². The van der Waals surface area contributed by atoms with Crippen LogP contribution in [0.4, 0.5) is 0 Å². The van der Waals surface area contributed by atoms with Gasteiger partial charge >= 0.3 is 0 Å². The van der Waals surface area contributed by atoms with E-state index in [9.17, 15) is 0 Å². The van der Waals surface area contributed by atoms with Crippen LogP contribution in [0.2, 0.25) is 0 Å². The first-order chi connectivity index (χ1) is 4.13. The molecule has 0 aromatic carbocycles. The van der Waals surface area contributed by atoms with Crippen LogP contribution >= 0.6 is 0 Å². The first-order valence-electron chi connectivity index (χ1n) is 3.83. The Balaban J connectivity index is 2.49. The van der Waals surface area contributed by atoms with Gasteiger partial charge in [-0.15, -0.1) is 0 Å². The average molecular weight is 127 g/mol. The first-order valence-corrected chi connectivity index (χ1v) is 3.83. The van der Waals surface area contributed by atoms with Gasteiger partial charge < -0.3 is 5.32 Å². The van der Waals surface area contributed by atoms with E-state index in [-0.39, 0.29) is 0 Å².